The van der Waals surface area contributed by atoms with Crippen LogP contribution in [0.3, 0.4) is 0 Å². The van der Waals surface area contributed by atoms with Gasteiger partial charge in [-0.3, -0.25) is 0 Å². The number of carbonyl (C=O) groups is 1. The van der Waals surface area contributed by atoms with Gasteiger partial charge in [0.2, 0.25) is 0 Å². The number of hydrogen-bond acceptors (Lipinski definition) is 5. The summed E-state index contributed by atoms with van der Waals surface area (Å²) in [6.07, 6.45) is 1.33. The van der Waals surface area contributed by atoms with Crippen molar-refractivity contribution < 1.29 is 19.0 Å². The third-order valence-electron chi connectivity index (χ3n) is 2.34. The average molecular weight is 282 g/mol. The van der Waals surface area contributed by atoms with E-state index in [-0.39, 0.29) is 10.6 Å². The van der Waals surface area contributed by atoms with Gasteiger partial charge in [0, 0.05) is 0 Å². The maximum Gasteiger partial charge on any atom is 0.348 e. The van der Waals surface area contributed by atoms with Gasteiger partial charge in [0.25, 0.3) is 0 Å². The number of nitrogens with zero attached hydrogens (tertiary/aromatic N) is 1. The Labute approximate surface area is 115 Å². The van der Waals surface area contributed by atoms with Gasteiger partial charge in [-0.1, -0.05) is 11.6 Å². The molecule has 1 aromatic carbocycles. The fraction of sp³-hybridized carbons (Fsp3) is 0.231. The Balaban J connectivity index is 3.34. The minimum absolute atomic E-state index is 0.156. The topological polar surface area (TPSA) is 68.6 Å². The molecule has 0 fully saturated rings. The van der Waals surface area contributed by atoms with Crippen LogP contribution in [0.1, 0.15) is 5.56 Å². The maximum absolute atomic E-state index is 11.3. The fourth-order valence-corrected chi connectivity index (χ4v) is 1.71. The number of esters is 1. The highest BCUT2D eigenvalue weighted by atomic mass is 35.5. The SMILES string of the molecule is COC(=O)C(C#N)=Cc1ccc(OC)c(OC)c1Cl. The highest BCUT2D eigenvalue weighted by molar-refractivity contribution is 6.34. The largest absolute Gasteiger partial charge is 0.493 e. The van der Waals surface area contributed by atoms with E-state index in [4.69, 9.17) is 26.3 Å². The van der Waals surface area contributed by atoms with Gasteiger partial charge in [0.15, 0.2) is 11.5 Å². The van der Waals surface area contributed by atoms with Gasteiger partial charge in [-0.05, 0) is 23.8 Å². The summed E-state index contributed by atoms with van der Waals surface area (Å²) in [6.45, 7) is 0. The molecule has 0 atom stereocenters. The Hall–Kier alpha value is -2.19. The number of ether oxygens (including phenoxy) is 3. The summed E-state index contributed by atoms with van der Waals surface area (Å²) in [4.78, 5) is 11.3. The maximum atomic E-state index is 11.3. The van der Waals surface area contributed by atoms with E-state index in [0.717, 1.165) is 0 Å². The molecular weight excluding hydrogens is 270 g/mol. The molecule has 0 aliphatic carbocycles. The predicted octanol–water partition coefficient (Wildman–Crippen LogP) is 2.44. The third-order valence-corrected chi connectivity index (χ3v) is 2.73. The molecule has 0 aliphatic heterocycles. The van der Waals surface area contributed by atoms with Crippen LogP contribution in [0.2, 0.25) is 5.02 Å². The van der Waals surface area contributed by atoms with Crippen molar-refractivity contribution >= 4 is 23.6 Å². The minimum Gasteiger partial charge on any atom is -0.493 e. The van der Waals surface area contributed by atoms with Crippen molar-refractivity contribution in [1.29, 1.82) is 5.26 Å². The van der Waals surface area contributed by atoms with E-state index >= 15 is 0 Å². The van der Waals surface area contributed by atoms with Crippen molar-refractivity contribution in [2.75, 3.05) is 21.3 Å². The van der Waals surface area contributed by atoms with Crippen LogP contribution in [0, 0.1) is 11.3 Å². The molecule has 0 saturated carbocycles. The first-order valence-electron chi connectivity index (χ1n) is 5.19. The zero-order chi connectivity index (χ0) is 14.4. The third kappa shape index (κ3) is 3.18. The second kappa shape index (κ2) is 6.66. The van der Waals surface area contributed by atoms with E-state index in [1.54, 1.807) is 18.2 Å². The quantitative estimate of drug-likeness (QED) is 0.482. The molecule has 0 spiro atoms. The molecule has 0 aliphatic rings. The van der Waals surface area contributed by atoms with Crippen molar-refractivity contribution in [2.24, 2.45) is 0 Å². The first-order chi connectivity index (χ1) is 9.08. The number of carbonyl (C=O) groups excluding carboxylic acids is 1. The average Bonchev–Trinajstić information content (AvgIpc) is 2.44. The van der Waals surface area contributed by atoms with Crippen LogP contribution in [0.4, 0.5) is 0 Å². The lowest BCUT2D eigenvalue weighted by Crippen LogP contribution is -2.02. The molecule has 100 valence electrons. The van der Waals surface area contributed by atoms with Crippen LogP contribution in [0.5, 0.6) is 11.5 Å². The standard InChI is InChI=1S/C13H12ClNO4/c1-17-10-5-4-8(11(14)12(10)18-2)6-9(7-15)13(16)19-3/h4-6H,1-3H3. The van der Waals surface area contributed by atoms with E-state index < -0.39 is 5.97 Å². The molecule has 0 heterocycles. The van der Waals surface area contributed by atoms with Gasteiger partial charge in [-0.2, -0.15) is 5.26 Å². The molecule has 6 heteroatoms. The minimum atomic E-state index is -0.728. The monoisotopic (exact) mass is 281 g/mol. The first-order valence-corrected chi connectivity index (χ1v) is 5.57. The van der Waals surface area contributed by atoms with Gasteiger partial charge in [0.1, 0.15) is 11.6 Å². The van der Waals surface area contributed by atoms with Crippen LogP contribution in [-0.2, 0) is 9.53 Å². The molecular formula is C13H12ClNO4. The number of nitriles is 1. The molecule has 0 radical (unpaired) electrons. The van der Waals surface area contributed by atoms with E-state index in [1.807, 2.05) is 0 Å². The normalized spacial score (nSPS) is 10.6. The van der Waals surface area contributed by atoms with Crippen molar-refractivity contribution in [3.8, 4) is 17.6 Å². The molecule has 0 unspecified atom stereocenters. The summed E-state index contributed by atoms with van der Waals surface area (Å²) in [7, 11) is 4.13. The summed E-state index contributed by atoms with van der Waals surface area (Å²) >= 11 is 6.13. The Kier molecular flexibility index (Phi) is 5.22. The molecule has 0 N–H and O–H groups in total. The zero-order valence-corrected chi connectivity index (χ0v) is 11.4. The first kappa shape index (κ1) is 14.9. The number of halogens is 1. The number of rotatable bonds is 4. The Morgan fingerprint density at radius 2 is 2.00 bits per heavy atom. The summed E-state index contributed by atoms with van der Waals surface area (Å²) in [6, 6.07) is 4.99. The zero-order valence-electron chi connectivity index (χ0n) is 10.7. The Bertz CT molecular complexity index is 560. The highest BCUT2D eigenvalue weighted by Crippen LogP contribution is 2.38. The lowest BCUT2D eigenvalue weighted by atomic mass is 10.1. The van der Waals surface area contributed by atoms with Crippen molar-refractivity contribution in [1.82, 2.24) is 0 Å². The Morgan fingerprint density at radius 3 is 2.47 bits per heavy atom. The van der Waals surface area contributed by atoms with Crippen LogP contribution >= 0.6 is 11.6 Å². The highest BCUT2D eigenvalue weighted by Gasteiger charge is 2.15. The molecule has 5 nitrogen and oxygen atoms in total. The lowest BCUT2D eigenvalue weighted by Gasteiger charge is -2.11. The summed E-state index contributed by atoms with van der Waals surface area (Å²) < 4.78 is 14.7. The lowest BCUT2D eigenvalue weighted by molar-refractivity contribution is -0.135. The second-order valence-electron chi connectivity index (χ2n) is 3.37. The molecule has 1 rings (SSSR count). The van der Waals surface area contributed by atoms with E-state index in [9.17, 15) is 4.79 Å². The molecule has 19 heavy (non-hydrogen) atoms. The van der Waals surface area contributed by atoms with Crippen molar-refractivity contribution in [3.63, 3.8) is 0 Å². The van der Waals surface area contributed by atoms with Crippen LogP contribution < -0.4 is 9.47 Å². The van der Waals surface area contributed by atoms with Crippen molar-refractivity contribution in [3.05, 3.63) is 28.3 Å². The van der Waals surface area contributed by atoms with Gasteiger partial charge in [-0.25, -0.2) is 4.79 Å². The number of methoxy groups -OCH3 is 3. The van der Waals surface area contributed by atoms with Gasteiger partial charge < -0.3 is 14.2 Å². The fourth-order valence-electron chi connectivity index (χ4n) is 1.42. The second-order valence-corrected chi connectivity index (χ2v) is 3.74. The predicted molar refractivity (Wildman–Crippen MR) is 70.2 cm³/mol. The van der Waals surface area contributed by atoms with E-state index in [2.05, 4.69) is 4.74 Å². The number of hydrogen-bond donors (Lipinski definition) is 0. The van der Waals surface area contributed by atoms with Gasteiger partial charge >= 0.3 is 5.97 Å². The molecule has 0 saturated heterocycles. The van der Waals surface area contributed by atoms with Gasteiger partial charge in [0.05, 0.1) is 26.4 Å². The van der Waals surface area contributed by atoms with Crippen LogP contribution in [-0.4, -0.2) is 27.3 Å². The Morgan fingerprint density at radius 1 is 1.32 bits per heavy atom. The molecule has 1 aromatic rings. The van der Waals surface area contributed by atoms with Gasteiger partial charge in [-0.15, -0.1) is 0 Å². The molecule has 0 bridgehead atoms. The summed E-state index contributed by atoms with van der Waals surface area (Å²) in [5.41, 5.74) is 0.304. The summed E-state index contributed by atoms with van der Waals surface area (Å²) in [5.74, 6) is 0.0645. The van der Waals surface area contributed by atoms with E-state index in [1.165, 1.54) is 27.4 Å². The molecule has 0 aromatic heterocycles. The number of benzene rings is 1. The van der Waals surface area contributed by atoms with Crippen molar-refractivity contribution in [2.45, 2.75) is 0 Å². The van der Waals surface area contributed by atoms with Crippen LogP contribution in [0.15, 0.2) is 17.7 Å². The molecule has 0 amide bonds. The van der Waals surface area contributed by atoms with Crippen LogP contribution in [0.25, 0.3) is 6.08 Å². The smallest absolute Gasteiger partial charge is 0.348 e. The summed E-state index contributed by atoms with van der Waals surface area (Å²) in [5, 5.41) is 9.14. The van der Waals surface area contributed by atoms with E-state index in [0.29, 0.717) is 17.1 Å².